The van der Waals surface area contributed by atoms with Gasteiger partial charge in [-0.3, -0.25) is 0 Å². The van der Waals surface area contributed by atoms with Gasteiger partial charge in [-0.1, -0.05) is 13.3 Å². The van der Waals surface area contributed by atoms with Crippen LogP contribution in [-0.4, -0.2) is 36.2 Å². The summed E-state index contributed by atoms with van der Waals surface area (Å²) in [6, 6.07) is 0.400. The van der Waals surface area contributed by atoms with Crippen molar-refractivity contribution in [2.75, 3.05) is 14.1 Å². The van der Waals surface area contributed by atoms with Gasteiger partial charge in [0, 0.05) is 6.04 Å². The van der Waals surface area contributed by atoms with Crippen LogP contribution >= 0.6 is 0 Å². The summed E-state index contributed by atoms with van der Waals surface area (Å²) in [6.45, 7) is 2.38. The molecule has 2 rings (SSSR count). The molecular weight excluding hydrogens is 174 g/mol. The van der Waals surface area contributed by atoms with E-state index in [1.807, 2.05) is 0 Å². The molecule has 14 heavy (non-hydrogen) atoms. The lowest BCUT2D eigenvalue weighted by molar-refractivity contribution is -0.00140. The Kier molecular flexibility index (Phi) is 2.85. The third-order valence-electron chi connectivity index (χ3n) is 4.49. The van der Waals surface area contributed by atoms with Crippen LogP contribution in [0.4, 0.5) is 0 Å². The molecule has 0 aromatic rings. The first-order valence-electron chi connectivity index (χ1n) is 5.94. The molecule has 0 radical (unpaired) electrons. The van der Waals surface area contributed by atoms with Crippen molar-refractivity contribution in [3.05, 3.63) is 0 Å². The van der Waals surface area contributed by atoms with Crippen molar-refractivity contribution in [3.8, 4) is 0 Å². The minimum absolute atomic E-state index is 0.0865. The SMILES string of the molecule is CC1CCC2CC(O)C(N(C)C)CC12. The summed E-state index contributed by atoms with van der Waals surface area (Å²) >= 11 is 0. The van der Waals surface area contributed by atoms with E-state index in [4.69, 9.17) is 0 Å². The van der Waals surface area contributed by atoms with Crippen LogP contribution in [-0.2, 0) is 0 Å². The number of hydrogen-bond donors (Lipinski definition) is 1. The van der Waals surface area contributed by atoms with Crippen LogP contribution in [0.25, 0.3) is 0 Å². The van der Waals surface area contributed by atoms with Gasteiger partial charge in [-0.05, 0) is 51.1 Å². The molecule has 2 nitrogen and oxygen atoms in total. The molecule has 2 heteroatoms. The lowest BCUT2D eigenvalue weighted by Gasteiger charge is -2.40. The standard InChI is InChI=1S/C12H23NO/c1-8-4-5-9-6-12(14)11(13(2)3)7-10(8)9/h8-12,14H,4-7H2,1-3H3. The third-order valence-corrected chi connectivity index (χ3v) is 4.49. The fraction of sp³-hybridized carbons (Fsp3) is 1.00. The minimum Gasteiger partial charge on any atom is -0.391 e. The highest BCUT2D eigenvalue weighted by molar-refractivity contribution is 4.94. The molecule has 1 N–H and O–H groups in total. The molecule has 0 bridgehead atoms. The Morgan fingerprint density at radius 3 is 2.50 bits per heavy atom. The third kappa shape index (κ3) is 1.70. The molecule has 2 aliphatic carbocycles. The fourth-order valence-corrected chi connectivity index (χ4v) is 3.55. The van der Waals surface area contributed by atoms with Crippen molar-refractivity contribution in [3.63, 3.8) is 0 Å². The number of aliphatic hydroxyl groups excluding tert-OH is 1. The van der Waals surface area contributed by atoms with Crippen molar-refractivity contribution in [2.24, 2.45) is 17.8 Å². The van der Waals surface area contributed by atoms with E-state index < -0.39 is 0 Å². The summed E-state index contributed by atoms with van der Waals surface area (Å²) in [5, 5.41) is 10.0. The van der Waals surface area contributed by atoms with Gasteiger partial charge in [-0.25, -0.2) is 0 Å². The largest absolute Gasteiger partial charge is 0.391 e. The minimum atomic E-state index is -0.0865. The topological polar surface area (TPSA) is 23.5 Å². The number of aliphatic hydroxyl groups is 1. The van der Waals surface area contributed by atoms with Crippen LogP contribution in [0.5, 0.6) is 0 Å². The van der Waals surface area contributed by atoms with Crippen molar-refractivity contribution < 1.29 is 5.11 Å². The van der Waals surface area contributed by atoms with E-state index in [1.54, 1.807) is 0 Å². The van der Waals surface area contributed by atoms with Crippen LogP contribution in [0.1, 0.15) is 32.6 Å². The first-order valence-corrected chi connectivity index (χ1v) is 5.94. The summed E-state index contributed by atoms with van der Waals surface area (Å²) in [6.07, 6.45) is 4.89. The maximum Gasteiger partial charge on any atom is 0.0698 e. The Hall–Kier alpha value is -0.0800. The summed E-state index contributed by atoms with van der Waals surface area (Å²) < 4.78 is 0. The highest BCUT2D eigenvalue weighted by Gasteiger charge is 2.42. The van der Waals surface area contributed by atoms with E-state index in [9.17, 15) is 5.11 Å². The Balaban J connectivity index is 2.05. The molecule has 0 heterocycles. The van der Waals surface area contributed by atoms with Crippen molar-refractivity contribution >= 4 is 0 Å². The highest BCUT2D eigenvalue weighted by atomic mass is 16.3. The Labute approximate surface area is 87.3 Å². The molecule has 0 aromatic carbocycles. The van der Waals surface area contributed by atoms with E-state index in [0.717, 1.165) is 24.2 Å². The van der Waals surface area contributed by atoms with Crippen LogP contribution in [0.15, 0.2) is 0 Å². The first-order chi connectivity index (χ1) is 6.59. The lowest BCUT2D eigenvalue weighted by atomic mass is 9.74. The molecule has 0 spiro atoms. The zero-order valence-corrected chi connectivity index (χ0v) is 9.61. The second kappa shape index (κ2) is 3.82. The smallest absolute Gasteiger partial charge is 0.0698 e. The van der Waals surface area contributed by atoms with Crippen molar-refractivity contribution in [1.29, 1.82) is 0 Å². The second-order valence-corrected chi connectivity index (χ2v) is 5.55. The molecule has 5 unspecified atom stereocenters. The molecule has 5 atom stereocenters. The molecule has 0 saturated heterocycles. The number of rotatable bonds is 1. The average Bonchev–Trinajstić information content (AvgIpc) is 2.46. The van der Waals surface area contributed by atoms with Crippen molar-refractivity contribution in [1.82, 2.24) is 4.90 Å². The quantitative estimate of drug-likeness (QED) is 0.692. The van der Waals surface area contributed by atoms with Gasteiger partial charge in [-0.2, -0.15) is 0 Å². The molecule has 0 aromatic heterocycles. The number of hydrogen-bond acceptors (Lipinski definition) is 2. The van der Waals surface area contributed by atoms with Gasteiger partial charge in [0.1, 0.15) is 0 Å². The van der Waals surface area contributed by atoms with Crippen LogP contribution in [0.3, 0.4) is 0 Å². The molecule has 82 valence electrons. The van der Waals surface area contributed by atoms with E-state index >= 15 is 0 Å². The van der Waals surface area contributed by atoms with Crippen LogP contribution in [0, 0.1) is 17.8 Å². The lowest BCUT2D eigenvalue weighted by Crippen LogP contribution is -2.46. The summed E-state index contributed by atoms with van der Waals surface area (Å²) in [4.78, 5) is 2.20. The maximum absolute atomic E-state index is 10.0. The zero-order valence-electron chi connectivity index (χ0n) is 9.61. The van der Waals surface area contributed by atoms with Gasteiger partial charge < -0.3 is 10.0 Å². The van der Waals surface area contributed by atoms with E-state index in [-0.39, 0.29) is 6.10 Å². The summed E-state index contributed by atoms with van der Waals surface area (Å²) in [7, 11) is 4.18. The highest BCUT2D eigenvalue weighted by Crippen LogP contribution is 2.46. The Bertz CT molecular complexity index is 204. The summed E-state index contributed by atoms with van der Waals surface area (Å²) in [5.41, 5.74) is 0. The molecule has 0 amide bonds. The van der Waals surface area contributed by atoms with E-state index in [2.05, 4.69) is 25.9 Å². The van der Waals surface area contributed by atoms with Gasteiger partial charge in [0.25, 0.3) is 0 Å². The molecule has 2 saturated carbocycles. The Morgan fingerprint density at radius 1 is 1.14 bits per heavy atom. The van der Waals surface area contributed by atoms with Gasteiger partial charge in [0.05, 0.1) is 6.10 Å². The molecular formula is C12H23NO. The van der Waals surface area contributed by atoms with E-state index in [0.29, 0.717) is 6.04 Å². The van der Waals surface area contributed by atoms with Crippen molar-refractivity contribution in [2.45, 2.75) is 44.8 Å². The molecule has 2 fully saturated rings. The molecule has 0 aliphatic heterocycles. The van der Waals surface area contributed by atoms with E-state index in [1.165, 1.54) is 19.3 Å². The number of nitrogens with zero attached hydrogens (tertiary/aromatic N) is 1. The van der Waals surface area contributed by atoms with Gasteiger partial charge in [-0.15, -0.1) is 0 Å². The van der Waals surface area contributed by atoms with Crippen LogP contribution < -0.4 is 0 Å². The first kappa shape index (κ1) is 10.4. The monoisotopic (exact) mass is 197 g/mol. The fourth-order valence-electron chi connectivity index (χ4n) is 3.55. The molecule has 2 aliphatic rings. The number of fused-ring (bicyclic) bond motifs is 1. The van der Waals surface area contributed by atoms with Gasteiger partial charge >= 0.3 is 0 Å². The Morgan fingerprint density at radius 2 is 1.86 bits per heavy atom. The zero-order chi connectivity index (χ0) is 10.3. The van der Waals surface area contributed by atoms with Gasteiger partial charge in [0.15, 0.2) is 0 Å². The summed E-state index contributed by atoms with van der Waals surface area (Å²) in [5.74, 6) is 2.58. The maximum atomic E-state index is 10.0. The normalized spacial score (nSPS) is 48.2. The van der Waals surface area contributed by atoms with Crippen LogP contribution in [0.2, 0.25) is 0 Å². The van der Waals surface area contributed by atoms with Gasteiger partial charge in [0.2, 0.25) is 0 Å². The predicted octanol–water partition coefficient (Wildman–Crippen LogP) is 1.73. The average molecular weight is 197 g/mol. The second-order valence-electron chi connectivity index (χ2n) is 5.55. The predicted molar refractivity (Wildman–Crippen MR) is 58.1 cm³/mol. The number of likely N-dealkylation sites (N-methyl/N-ethyl adjacent to an activating group) is 1.